The molecule has 0 spiro atoms. The first kappa shape index (κ1) is 9.34. The quantitative estimate of drug-likeness (QED) is 0.709. The second-order valence-corrected chi connectivity index (χ2v) is 3.82. The van der Waals surface area contributed by atoms with Crippen LogP contribution in [0.3, 0.4) is 0 Å². The molecule has 2 rings (SSSR count). The number of fused-ring (bicyclic) bond motifs is 1. The normalized spacial score (nSPS) is 24.8. The molecule has 14 heavy (non-hydrogen) atoms. The summed E-state index contributed by atoms with van der Waals surface area (Å²) in [5.74, 6) is 0.915. The van der Waals surface area contributed by atoms with Crippen molar-refractivity contribution < 1.29 is 4.74 Å². The van der Waals surface area contributed by atoms with E-state index in [2.05, 4.69) is 25.2 Å². The fraction of sp³-hybridized carbons (Fsp3) is 0.455. The highest BCUT2D eigenvalue weighted by Gasteiger charge is 2.24. The predicted octanol–water partition coefficient (Wildman–Crippen LogP) is 1.52. The highest BCUT2D eigenvalue weighted by atomic mass is 16.5. The van der Waals surface area contributed by atoms with Crippen molar-refractivity contribution in [3.05, 3.63) is 23.8 Å². The van der Waals surface area contributed by atoms with Crippen molar-refractivity contribution in [3.63, 3.8) is 0 Å². The Balaban J connectivity index is 2.31. The van der Waals surface area contributed by atoms with Gasteiger partial charge in [-0.25, -0.2) is 0 Å². The Labute approximate surface area is 84.3 Å². The largest absolute Gasteiger partial charge is 0.485 e. The van der Waals surface area contributed by atoms with Crippen molar-refractivity contribution in [1.82, 2.24) is 0 Å². The number of nitrogens with two attached hydrogens (primary N) is 1. The molecule has 0 aliphatic carbocycles. The zero-order valence-electron chi connectivity index (χ0n) is 8.58. The lowest BCUT2D eigenvalue weighted by Gasteiger charge is -2.32. The summed E-state index contributed by atoms with van der Waals surface area (Å²) in [6.07, 6.45) is 0.0734. The maximum Gasteiger partial charge on any atom is 0.143 e. The van der Waals surface area contributed by atoms with Crippen LogP contribution in [0.25, 0.3) is 0 Å². The van der Waals surface area contributed by atoms with Gasteiger partial charge in [0.05, 0.1) is 11.7 Å². The van der Waals surface area contributed by atoms with Gasteiger partial charge in [0.1, 0.15) is 11.9 Å². The Morgan fingerprint density at radius 1 is 1.50 bits per heavy atom. The van der Waals surface area contributed by atoms with E-state index in [1.165, 1.54) is 5.56 Å². The summed E-state index contributed by atoms with van der Waals surface area (Å²) < 4.78 is 5.79. The summed E-state index contributed by atoms with van der Waals surface area (Å²) in [4.78, 5) is 0. The second-order valence-electron chi connectivity index (χ2n) is 3.82. The molecule has 0 amide bonds. The lowest BCUT2D eigenvalue weighted by atomic mass is 10.1. The summed E-state index contributed by atoms with van der Waals surface area (Å²) in [7, 11) is 0. The summed E-state index contributed by atoms with van der Waals surface area (Å²) in [6.45, 7) is 4.68. The van der Waals surface area contributed by atoms with E-state index in [4.69, 9.17) is 10.5 Å². The third-order valence-electron chi connectivity index (χ3n) is 2.59. The van der Waals surface area contributed by atoms with Crippen LogP contribution in [0.1, 0.15) is 12.5 Å². The van der Waals surface area contributed by atoms with Gasteiger partial charge in [-0.3, -0.25) is 0 Å². The number of rotatable bonds is 1. The fourth-order valence-electron chi connectivity index (χ4n) is 1.70. The zero-order valence-corrected chi connectivity index (χ0v) is 8.58. The summed E-state index contributed by atoms with van der Waals surface area (Å²) >= 11 is 0. The average molecular weight is 192 g/mol. The molecule has 0 saturated heterocycles. The molecule has 2 atom stereocenters. The van der Waals surface area contributed by atoms with Gasteiger partial charge in [0, 0.05) is 6.54 Å². The number of ether oxygens (including phenoxy) is 1. The standard InChI is InChI=1S/C11H16N2O/c1-7-3-4-9-10(5-7)14-11(6-12)8(2)13-9/h3-5,8,11,13H,6,12H2,1-2H3. The van der Waals surface area contributed by atoms with Crippen LogP contribution in [0.4, 0.5) is 5.69 Å². The molecular weight excluding hydrogens is 176 g/mol. The monoisotopic (exact) mass is 192 g/mol. The summed E-state index contributed by atoms with van der Waals surface area (Å²) in [5, 5.41) is 3.38. The summed E-state index contributed by atoms with van der Waals surface area (Å²) in [6, 6.07) is 6.44. The second kappa shape index (κ2) is 3.50. The highest BCUT2D eigenvalue weighted by molar-refractivity contribution is 5.59. The Kier molecular flexibility index (Phi) is 2.33. The lowest BCUT2D eigenvalue weighted by molar-refractivity contribution is 0.182. The lowest BCUT2D eigenvalue weighted by Crippen LogP contribution is -2.44. The Bertz CT molecular complexity index is 338. The molecule has 76 valence electrons. The van der Waals surface area contributed by atoms with E-state index < -0.39 is 0 Å². The van der Waals surface area contributed by atoms with E-state index in [1.807, 2.05) is 12.1 Å². The Morgan fingerprint density at radius 2 is 2.29 bits per heavy atom. The van der Waals surface area contributed by atoms with E-state index in [9.17, 15) is 0 Å². The van der Waals surface area contributed by atoms with E-state index in [-0.39, 0.29) is 12.1 Å². The summed E-state index contributed by atoms with van der Waals surface area (Å²) in [5.41, 5.74) is 7.89. The Morgan fingerprint density at radius 3 is 3.00 bits per heavy atom. The van der Waals surface area contributed by atoms with Crippen molar-refractivity contribution in [1.29, 1.82) is 0 Å². The van der Waals surface area contributed by atoms with Crippen LogP contribution in [0, 0.1) is 6.92 Å². The maximum atomic E-state index is 5.79. The minimum atomic E-state index is 0.0734. The highest BCUT2D eigenvalue weighted by Crippen LogP contribution is 2.31. The smallest absolute Gasteiger partial charge is 0.143 e. The molecule has 0 saturated carbocycles. The zero-order chi connectivity index (χ0) is 10.1. The first-order chi connectivity index (χ1) is 6.70. The van der Waals surface area contributed by atoms with Gasteiger partial charge in [0.15, 0.2) is 0 Å². The molecule has 0 aromatic heterocycles. The van der Waals surface area contributed by atoms with Crippen molar-refractivity contribution in [2.45, 2.75) is 26.0 Å². The molecule has 3 heteroatoms. The molecule has 0 bridgehead atoms. The molecule has 1 aliphatic rings. The Hall–Kier alpha value is -1.22. The van der Waals surface area contributed by atoms with Crippen LogP contribution in [-0.2, 0) is 0 Å². The molecule has 1 heterocycles. The van der Waals surface area contributed by atoms with Gasteiger partial charge in [0.2, 0.25) is 0 Å². The van der Waals surface area contributed by atoms with Crippen molar-refractivity contribution in [2.24, 2.45) is 5.73 Å². The van der Waals surface area contributed by atoms with E-state index in [0.717, 1.165) is 11.4 Å². The van der Waals surface area contributed by atoms with Crippen molar-refractivity contribution in [3.8, 4) is 5.75 Å². The molecular formula is C11H16N2O. The van der Waals surface area contributed by atoms with Crippen LogP contribution in [0.15, 0.2) is 18.2 Å². The average Bonchev–Trinajstić information content (AvgIpc) is 2.17. The SMILES string of the molecule is Cc1ccc2c(c1)OC(CN)C(C)N2. The molecule has 1 aromatic carbocycles. The van der Waals surface area contributed by atoms with E-state index in [1.54, 1.807) is 0 Å². The molecule has 0 fully saturated rings. The predicted molar refractivity (Wildman–Crippen MR) is 57.7 cm³/mol. The molecule has 1 aliphatic heterocycles. The van der Waals surface area contributed by atoms with Gasteiger partial charge in [0.25, 0.3) is 0 Å². The molecule has 0 radical (unpaired) electrons. The van der Waals surface area contributed by atoms with Crippen LogP contribution >= 0.6 is 0 Å². The first-order valence-electron chi connectivity index (χ1n) is 4.94. The molecule has 1 aromatic rings. The third-order valence-corrected chi connectivity index (χ3v) is 2.59. The van der Waals surface area contributed by atoms with Gasteiger partial charge in [-0.15, -0.1) is 0 Å². The van der Waals surface area contributed by atoms with E-state index >= 15 is 0 Å². The van der Waals surface area contributed by atoms with Crippen LogP contribution in [-0.4, -0.2) is 18.7 Å². The van der Waals surface area contributed by atoms with Gasteiger partial charge >= 0.3 is 0 Å². The molecule has 3 nitrogen and oxygen atoms in total. The fourth-order valence-corrected chi connectivity index (χ4v) is 1.70. The van der Waals surface area contributed by atoms with Crippen molar-refractivity contribution >= 4 is 5.69 Å². The van der Waals surface area contributed by atoms with E-state index in [0.29, 0.717) is 6.54 Å². The minimum absolute atomic E-state index is 0.0734. The first-order valence-corrected chi connectivity index (χ1v) is 4.94. The topological polar surface area (TPSA) is 47.3 Å². The number of nitrogens with one attached hydrogen (secondary N) is 1. The number of aryl methyl sites for hydroxylation is 1. The maximum absolute atomic E-state index is 5.79. The number of benzene rings is 1. The van der Waals surface area contributed by atoms with Gasteiger partial charge in [-0.2, -0.15) is 0 Å². The number of hydrogen-bond donors (Lipinski definition) is 2. The minimum Gasteiger partial charge on any atom is -0.485 e. The van der Waals surface area contributed by atoms with Crippen LogP contribution < -0.4 is 15.8 Å². The molecule has 2 unspecified atom stereocenters. The number of hydrogen-bond acceptors (Lipinski definition) is 3. The van der Waals surface area contributed by atoms with Gasteiger partial charge in [-0.1, -0.05) is 6.07 Å². The van der Waals surface area contributed by atoms with Crippen molar-refractivity contribution in [2.75, 3.05) is 11.9 Å². The van der Waals surface area contributed by atoms with Crippen LogP contribution in [0.2, 0.25) is 0 Å². The third kappa shape index (κ3) is 1.55. The van der Waals surface area contributed by atoms with Crippen LogP contribution in [0.5, 0.6) is 5.75 Å². The van der Waals surface area contributed by atoms with Gasteiger partial charge in [-0.05, 0) is 31.5 Å². The van der Waals surface area contributed by atoms with Gasteiger partial charge < -0.3 is 15.8 Å². The number of anilines is 1. The molecule has 3 N–H and O–H groups in total.